The highest BCUT2D eigenvalue weighted by atomic mass is 31.1. The van der Waals surface area contributed by atoms with Gasteiger partial charge >= 0.3 is 11.9 Å². The van der Waals surface area contributed by atoms with Crippen molar-refractivity contribution in [2.45, 2.75) is 0 Å². The van der Waals surface area contributed by atoms with E-state index < -0.39 is 19.5 Å². The maximum absolute atomic E-state index is 10.3. The molecule has 0 amide bonds. The van der Waals surface area contributed by atoms with E-state index in [0.717, 1.165) is 0 Å². The molecule has 0 radical (unpaired) electrons. The summed E-state index contributed by atoms with van der Waals surface area (Å²) in [5.41, 5.74) is 0. The Morgan fingerprint density at radius 2 is 2.00 bits per heavy atom. The molecule has 1 unspecified atom stereocenters. The van der Waals surface area contributed by atoms with Gasteiger partial charge in [-0.1, -0.05) is 7.55 Å². The summed E-state index contributed by atoms with van der Waals surface area (Å²) in [6.45, 7) is -0.0930. The first-order valence-corrected chi connectivity index (χ1v) is 5.52. The molecular weight excluding hydrogens is 193 g/mol. The molecule has 2 N–H and O–H groups in total. The van der Waals surface area contributed by atoms with Crippen molar-refractivity contribution in [2.24, 2.45) is 0 Å². The Bertz CT molecular complexity index is 297. The smallest absolute Gasteiger partial charge is 0.323 e. The molecule has 13 heavy (non-hydrogen) atoms. The van der Waals surface area contributed by atoms with Crippen LogP contribution in [0.1, 0.15) is 0 Å². The third kappa shape index (κ3) is 3.34. The number of hydrogen-bond acceptors (Lipinski definition) is 3. The third-order valence-corrected chi connectivity index (χ3v) is 3.44. The Hall–Kier alpha value is -1.22. The van der Waals surface area contributed by atoms with Crippen molar-refractivity contribution in [1.29, 1.82) is 0 Å². The second kappa shape index (κ2) is 4.14. The second-order valence-electron chi connectivity index (χ2n) is 2.66. The van der Waals surface area contributed by atoms with E-state index in [2.05, 4.69) is 0 Å². The summed E-state index contributed by atoms with van der Waals surface area (Å²) in [6.07, 6.45) is 1.74. The van der Waals surface area contributed by atoms with Gasteiger partial charge in [0.25, 0.3) is 0 Å². The van der Waals surface area contributed by atoms with Crippen molar-refractivity contribution in [3.05, 3.63) is 12.0 Å². The van der Waals surface area contributed by atoms with Gasteiger partial charge in [-0.3, -0.25) is 9.59 Å². The lowest BCUT2D eigenvalue weighted by atomic mass is 10.6. The van der Waals surface area contributed by atoms with Crippen molar-refractivity contribution in [2.75, 3.05) is 12.7 Å². The average Bonchev–Trinajstić information content (AvgIpc) is 2.33. The molecule has 0 aromatic rings. The van der Waals surface area contributed by atoms with Crippen LogP contribution < -0.4 is 0 Å². The molecule has 0 bridgehead atoms. The predicted molar refractivity (Wildman–Crippen MR) is 50.4 cm³/mol. The average molecular weight is 203 g/mol. The molecule has 1 aliphatic heterocycles. The maximum Gasteiger partial charge on any atom is 0.323 e. The van der Waals surface area contributed by atoms with Crippen molar-refractivity contribution in [3.63, 3.8) is 0 Å². The number of aliphatic carboxylic acids is 2. The maximum atomic E-state index is 10.3. The molecule has 0 aliphatic carbocycles. The van der Waals surface area contributed by atoms with Crippen molar-refractivity contribution >= 4 is 25.4 Å². The molecule has 0 saturated heterocycles. The number of nitrogens with zero attached hydrogens (tertiary/aromatic N) is 1. The van der Waals surface area contributed by atoms with Crippen LogP contribution in [0.25, 0.3) is 0 Å². The minimum Gasteiger partial charge on any atom is -0.481 e. The van der Waals surface area contributed by atoms with E-state index in [0.29, 0.717) is 0 Å². The second-order valence-corrected chi connectivity index (χ2v) is 4.75. The summed E-state index contributed by atoms with van der Waals surface area (Å²) in [6, 6.07) is 0. The number of carboxylic acid groups (broad SMARTS) is 2. The van der Waals surface area contributed by atoms with Gasteiger partial charge in [0.15, 0.2) is 0 Å². The zero-order valence-corrected chi connectivity index (χ0v) is 7.80. The van der Waals surface area contributed by atoms with Crippen LogP contribution in [0.5, 0.6) is 0 Å². The van der Waals surface area contributed by atoms with Gasteiger partial charge in [0.2, 0.25) is 0 Å². The van der Waals surface area contributed by atoms with E-state index in [1.807, 2.05) is 0 Å². The van der Waals surface area contributed by atoms with Crippen molar-refractivity contribution in [3.8, 4) is 0 Å². The highest BCUT2D eigenvalue weighted by Crippen LogP contribution is 2.28. The standard InChI is InChI=1S/C7H10NO4P/c9-6(10)3-8-1-2-13(5-8)4-7(11)12/h1-2,5,13H,3-4H2,(H,9,10)(H,11,12). The number of hydrogen-bond donors (Lipinski definition) is 2. The predicted octanol–water partition coefficient (Wildman–Crippen LogP) is -0.0837. The fourth-order valence-corrected chi connectivity index (χ4v) is 2.65. The lowest BCUT2D eigenvalue weighted by Crippen LogP contribution is -2.21. The highest BCUT2D eigenvalue weighted by molar-refractivity contribution is 7.61. The van der Waals surface area contributed by atoms with E-state index >= 15 is 0 Å². The molecule has 1 rings (SSSR count). The van der Waals surface area contributed by atoms with Gasteiger partial charge < -0.3 is 15.1 Å². The molecule has 0 aromatic carbocycles. The summed E-state index contributed by atoms with van der Waals surface area (Å²) in [5, 5.41) is 16.9. The summed E-state index contributed by atoms with van der Waals surface area (Å²) >= 11 is 0. The Labute approximate surface area is 75.7 Å². The van der Waals surface area contributed by atoms with E-state index in [-0.39, 0.29) is 12.7 Å². The van der Waals surface area contributed by atoms with E-state index in [9.17, 15) is 9.59 Å². The molecule has 1 atom stereocenters. The monoisotopic (exact) mass is 203 g/mol. The van der Waals surface area contributed by atoms with E-state index in [4.69, 9.17) is 10.2 Å². The Morgan fingerprint density at radius 3 is 2.54 bits per heavy atom. The quantitative estimate of drug-likeness (QED) is 0.624. The van der Waals surface area contributed by atoms with E-state index in [1.165, 1.54) is 4.90 Å². The number of carbonyl (C=O) groups is 2. The van der Waals surface area contributed by atoms with Crippen LogP contribution in [0.3, 0.4) is 0 Å². The summed E-state index contributed by atoms with van der Waals surface area (Å²) in [5.74, 6) is 1.72. The number of carboxylic acids is 2. The first-order valence-electron chi connectivity index (χ1n) is 3.66. The molecule has 0 aromatic heterocycles. The zero-order chi connectivity index (χ0) is 9.84. The van der Waals surface area contributed by atoms with Gasteiger partial charge in [-0.25, -0.2) is 0 Å². The SMILES string of the molecule is O=C(O)CN1C=C[PH](CC(=O)O)=C1. The molecule has 5 nitrogen and oxygen atoms in total. The first kappa shape index (κ1) is 9.86. The van der Waals surface area contributed by atoms with Gasteiger partial charge in [0, 0.05) is 12.1 Å². The minimum atomic E-state index is -1.15. The Morgan fingerprint density at radius 1 is 1.31 bits per heavy atom. The normalized spacial score (nSPS) is 20.0. The van der Waals surface area contributed by atoms with Crippen LogP contribution in [-0.2, 0) is 9.59 Å². The van der Waals surface area contributed by atoms with Gasteiger partial charge in [0.05, 0.1) is 6.16 Å². The lowest BCUT2D eigenvalue weighted by Gasteiger charge is -2.07. The van der Waals surface area contributed by atoms with Crippen LogP contribution in [0, 0.1) is 0 Å². The molecule has 6 heteroatoms. The summed E-state index contributed by atoms with van der Waals surface area (Å²) in [4.78, 5) is 22.1. The lowest BCUT2D eigenvalue weighted by molar-refractivity contribution is -0.137. The molecule has 1 aliphatic rings. The highest BCUT2D eigenvalue weighted by Gasteiger charge is 2.09. The van der Waals surface area contributed by atoms with Gasteiger partial charge in [-0.05, 0) is 5.82 Å². The minimum absolute atomic E-state index is 0.0930. The number of rotatable bonds is 4. The topological polar surface area (TPSA) is 77.8 Å². The van der Waals surface area contributed by atoms with E-state index in [1.54, 1.807) is 17.9 Å². The molecule has 0 fully saturated rings. The van der Waals surface area contributed by atoms with Gasteiger partial charge in [-0.2, -0.15) is 0 Å². The molecule has 0 spiro atoms. The van der Waals surface area contributed by atoms with Crippen LogP contribution in [0.4, 0.5) is 0 Å². The van der Waals surface area contributed by atoms with Crippen molar-refractivity contribution < 1.29 is 19.8 Å². The Kier molecular flexibility index (Phi) is 3.14. The molecule has 0 saturated carbocycles. The van der Waals surface area contributed by atoms with Crippen LogP contribution in [-0.4, -0.2) is 45.7 Å². The molecule has 1 heterocycles. The van der Waals surface area contributed by atoms with Gasteiger partial charge in [-0.15, -0.1) is 0 Å². The van der Waals surface area contributed by atoms with Crippen LogP contribution in [0.2, 0.25) is 0 Å². The molecule has 72 valence electrons. The fraction of sp³-hybridized carbons (Fsp3) is 0.286. The first-order chi connectivity index (χ1) is 6.08. The van der Waals surface area contributed by atoms with Crippen LogP contribution in [0.15, 0.2) is 12.0 Å². The summed E-state index contributed by atoms with van der Waals surface area (Å²) in [7, 11) is -1.15. The Balaban J connectivity index is 2.50. The zero-order valence-electron chi connectivity index (χ0n) is 6.80. The van der Waals surface area contributed by atoms with Gasteiger partial charge in [0.1, 0.15) is 6.54 Å². The molecular formula is C7H10NO4P. The summed E-state index contributed by atoms with van der Waals surface area (Å²) < 4.78 is 0. The van der Waals surface area contributed by atoms with Crippen molar-refractivity contribution in [1.82, 2.24) is 4.90 Å². The largest absolute Gasteiger partial charge is 0.481 e. The fourth-order valence-electron chi connectivity index (χ4n) is 1.02. The third-order valence-electron chi connectivity index (χ3n) is 1.48. The van der Waals surface area contributed by atoms with Crippen LogP contribution >= 0.6 is 7.55 Å².